The van der Waals surface area contributed by atoms with Gasteiger partial charge in [-0.3, -0.25) is 0 Å². The summed E-state index contributed by atoms with van der Waals surface area (Å²) >= 11 is 3.52. The summed E-state index contributed by atoms with van der Waals surface area (Å²) in [7, 11) is 0. The summed E-state index contributed by atoms with van der Waals surface area (Å²) in [6, 6.07) is 13.0. The standard InChI is InChI=1S/C14H12BrN/c15-12-2-4-14-11(7-12)6-10-5-9(8-16)1-3-13(10)14/h1-5,7H,6,8,16H2. The molecular formula is C14H12BrN. The van der Waals surface area contributed by atoms with Crippen molar-refractivity contribution in [2.24, 2.45) is 5.73 Å². The lowest BCUT2D eigenvalue weighted by Crippen LogP contribution is -1.96. The molecule has 0 amide bonds. The van der Waals surface area contributed by atoms with Gasteiger partial charge in [-0.05, 0) is 46.4 Å². The minimum Gasteiger partial charge on any atom is -0.326 e. The Labute approximate surface area is 103 Å². The van der Waals surface area contributed by atoms with E-state index in [1.807, 2.05) is 0 Å². The van der Waals surface area contributed by atoms with Crippen LogP contribution in [0.15, 0.2) is 40.9 Å². The highest BCUT2D eigenvalue weighted by molar-refractivity contribution is 9.10. The van der Waals surface area contributed by atoms with Gasteiger partial charge in [0.25, 0.3) is 0 Å². The van der Waals surface area contributed by atoms with Crippen molar-refractivity contribution in [3.8, 4) is 11.1 Å². The zero-order valence-electron chi connectivity index (χ0n) is 8.83. The molecule has 0 saturated carbocycles. The van der Waals surface area contributed by atoms with Crippen LogP contribution in [0, 0.1) is 0 Å². The van der Waals surface area contributed by atoms with E-state index in [0.717, 1.165) is 10.9 Å². The fourth-order valence-corrected chi connectivity index (χ4v) is 2.77. The van der Waals surface area contributed by atoms with Crippen molar-refractivity contribution < 1.29 is 0 Å². The molecule has 2 aromatic carbocycles. The maximum Gasteiger partial charge on any atom is 0.0178 e. The Kier molecular flexibility index (Phi) is 2.34. The molecule has 0 atom stereocenters. The van der Waals surface area contributed by atoms with Crippen LogP contribution in [-0.4, -0.2) is 0 Å². The molecular weight excluding hydrogens is 262 g/mol. The third-order valence-electron chi connectivity index (χ3n) is 3.14. The molecule has 2 N–H and O–H groups in total. The van der Waals surface area contributed by atoms with E-state index in [-0.39, 0.29) is 0 Å². The van der Waals surface area contributed by atoms with Crippen LogP contribution in [0.4, 0.5) is 0 Å². The summed E-state index contributed by atoms with van der Waals surface area (Å²) in [6.07, 6.45) is 1.03. The number of halogens is 1. The topological polar surface area (TPSA) is 26.0 Å². The number of hydrogen-bond donors (Lipinski definition) is 1. The van der Waals surface area contributed by atoms with Gasteiger partial charge in [0.2, 0.25) is 0 Å². The second kappa shape index (κ2) is 3.72. The molecule has 0 aromatic heterocycles. The molecule has 0 fully saturated rings. The van der Waals surface area contributed by atoms with E-state index >= 15 is 0 Å². The lowest BCUT2D eigenvalue weighted by molar-refractivity contribution is 1.06. The van der Waals surface area contributed by atoms with Gasteiger partial charge < -0.3 is 5.73 Å². The highest BCUT2D eigenvalue weighted by Gasteiger charge is 2.18. The van der Waals surface area contributed by atoms with Crippen LogP contribution in [0.2, 0.25) is 0 Å². The van der Waals surface area contributed by atoms with Gasteiger partial charge in [0.15, 0.2) is 0 Å². The van der Waals surface area contributed by atoms with Gasteiger partial charge in [-0.1, -0.05) is 40.2 Å². The van der Waals surface area contributed by atoms with Crippen LogP contribution in [-0.2, 0) is 13.0 Å². The number of rotatable bonds is 1. The molecule has 1 aliphatic rings. The van der Waals surface area contributed by atoms with Crippen molar-refractivity contribution in [2.45, 2.75) is 13.0 Å². The Morgan fingerprint density at radius 3 is 2.44 bits per heavy atom. The smallest absolute Gasteiger partial charge is 0.0178 e. The number of benzene rings is 2. The van der Waals surface area contributed by atoms with E-state index in [1.165, 1.54) is 27.8 Å². The summed E-state index contributed by atoms with van der Waals surface area (Å²) in [5.74, 6) is 0. The lowest BCUT2D eigenvalue weighted by atomic mass is 10.0. The Bertz CT molecular complexity index is 561. The summed E-state index contributed by atoms with van der Waals surface area (Å²) < 4.78 is 1.15. The van der Waals surface area contributed by atoms with Crippen LogP contribution in [0.3, 0.4) is 0 Å². The predicted molar refractivity (Wildman–Crippen MR) is 70.3 cm³/mol. The van der Waals surface area contributed by atoms with Crippen LogP contribution in [0.25, 0.3) is 11.1 Å². The van der Waals surface area contributed by atoms with Gasteiger partial charge in [0.05, 0.1) is 0 Å². The third kappa shape index (κ3) is 1.49. The van der Waals surface area contributed by atoms with Crippen LogP contribution < -0.4 is 5.73 Å². The zero-order chi connectivity index (χ0) is 11.1. The molecule has 0 radical (unpaired) electrons. The first-order valence-corrected chi connectivity index (χ1v) is 6.18. The van der Waals surface area contributed by atoms with Gasteiger partial charge in [-0.15, -0.1) is 0 Å². The summed E-state index contributed by atoms with van der Waals surface area (Å²) in [6.45, 7) is 0.618. The molecule has 2 heteroatoms. The SMILES string of the molecule is NCc1ccc2c(c1)Cc1cc(Br)ccc1-2. The van der Waals surface area contributed by atoms with Gasteiger partial charge in [-0.2, -0.15) is 0 Å². The Morgan fingerprint density at radius 2 is 1.69 bits per heavy atom. The predicted octanol–water partition coefficient (Wildman–Crippen LogP) is 3.48. The quantitative estimate of drug-likeness (QED) is 0.722. The van der Waals surface area contributed by atoms with Gasteiger partial charge in [0, 0.05) is 11.0 Å². The van der Waals surface area contributed by atoms with Crippen LogP contribution in [0.1, 0.15) is 16.7 Å². The number of nitrogens with two attached hydrogens (primary N) is 1. The molecule has 0 unspecified atom stereocenters. The Hall–Kier alpha value is -1.12. The molecule has 1 nitrogen and oxygen atoms in total. The molecule has 80 valence electrons. The molecule has 0 saturated heterocycles. The van der Waals surface area contributed by atoms with E-state index in [9.17, 15) is 0 Å². The van der Waals surface area contributed by atoms with E-state index in [1.54, 1.807) is 0 Å². The first-order chi connectivity index (χ1) is 7.78. The highest BCUT2D eigenvalue weighted by atomic mass is 79.9. The summed E-state index contributed by atoms with van der Waals surface area (Å²) in [5, 5.41) is 0. The fourth-order valence-electron chi connectivity index (χ4n) is 2.36. The molecule has 0 spiro atoms. The summed E-state index contributed by atoms with van der Waals surface area (Å²) in [4.78, 5) is 0. The van der Waals surface area contributed by atoms with E-state index in [4.69, 9.17) is 5.73 Å². The molecule has 1 aliphatic carbocycles. The largest absolute Gasteiger partial charge is 0.326 e. The van der Waals surface area contributed by atoms with Crippen molar-refractivity contribution in [3.05, 3.63) is 57.6 Å². The monoisotopic (exact) mass is 273 g/mol. The van der Waals surface area contributed by atoms with Crippen molar-refractivity contribution in [1.29, 1.82) is 0 Å². The maximum atomic E-state index is 5.67. The molecule has 0 heterocycles. The normalized spacial score (nSPS) is 12.4. The second-order valence-corrected chi connectivity index (χ2v) is 5.09. The minimum absolute atomic E-state index is 0.618. The van der Waals surface area contributed by atoms with E-state index in [0.29, 0.717) is 6.54 Å². The number of fused-ring (bicyclic) bond motifs is 3. The van der Waals surface area contributed by atoms with Crippen molar-refractivity contribution in [1.82, 2.24) is 0 Å². The van der Waals surface area contributed by atoms with Gasteiger partial charge in [0.1, 0.15) is 0 Å². The average Bonchev–Trinajstić information content (AvgIpc) is 2.64. The van der Waals surface area contributed by atoms with Crippen molar-refractivity contribution >= 4 is 15.9 Å². The Balaban J connectivity index is 2.16. The molecule has 0 bridgehead atoms. The second-order valence-electron chi connectivity index (χ2n) is 4.17. The fraction of sp³-hybridized carbons (Fsp3) is 0.143. The molecule has 0 aliphatic heterocycles. The first-order valence-electron chi connectivity index (χ1n) is 5.38. The van der Waals surface area contributed by atoms with Crippen LogP contribution >= 0.6 is 15.9 Å². The number of hydrogen-bond acceptors (Lipinski definition) is 1. The van der Waals surface area contributed by atoms with Crippen LogP contribution in [0.5, 0.6) is 0 Å². The highest BCUT2D eigenvalue weighted by Crippen LogP contribution is 2.38. The van der Waals surface area contributed by atoms with Gasteiger partial charge >= 0.3 is 0 Å². The Morgan fingerprint density at radius 1 is 1.00 bits per heavy atom. The van der Waals surface area contributed by atoms with Crippen molar-refractivity contribution in [2.75, 3.05) is 0 Å². The van der Waals surface area contributed by atoms with Crippen molar-refractivity contribution in [3.63, 3.8) is 0 Å². The van der Waals surface area contributed by atoms with Gasteiger partial charge in [-0.25, -0.2) is 0 Å². The summed E-state index contributed by atoms with van der Waals surface area (Å²) in [5.41, 5.74) is 12.4. The molecule has 3 rings (SSSR count). The van der Waals surface area contributed by atoms with E-state index < -0.39 is 0 Å². The molecule has 16 heavy (non-hydrogen) atoms. The molecule has 2 aromatic rings. The first kappa shape index (κ1) is 10.1. The average molecular weight is 274 g/mol. The lowest BCUT2D eigenvalue weighted by Gasteiger charge is -2.03. The zero-order valence-corrected chi connectivity index (χ0v) is 10.4. The maximum absolute atomic E-state index is 5.67. The van der Waals surface area contributed by atoms with E-state index in [2.05, 4.69) is 52.3 Å². The third-order valence-corrected chi connectivity index (χ3v) is 3.64. The minimum atomic E-state index is 0.618.